The van der Waals surface area contributed by atoms with Crippen LogP contribution in [0.4, 0.5) is 11.4 Å². The van der Waals surface area contributed by atoms with Gasteiger partial charge < -0.3 is 19.3 Å². The molecule has 4 rings (SSSR count). The van der Waals surface area contributed by atoms with Crippen LogP contribution in [-0.4, -0.2) is 78.6 Å². The van der Waals surface area contributed by atoms with Crippen LogP contribution in [0.2, 0.25) is 20.1 Å². The van der Waals surface area contributed by atoms with Crippen molar-refractivity contribution in [2.45, 2.75) is 84.9 Å². The van der Waals surface area contributed by atoms with E-state index in [-0.39, 0.29) is 25.9 Å². The van der Waals surface area contributed by atoms with E-state index in [4.69, 9.17) is 46.4 Å². The molecule has 0 radical (unpaired) electrons. The molecule has 0 saturated heterocycles. The predicted octanol–water partition coefficient (Wildman–Crippen LogP) is 8.10. The van der Waals surface area contributed by atoms with E-state index >= 15 is 0 Å². The van der Waals surface area contributed by atoms with Gasteiger partial charge in [0.25, 0.3) is 15.9 Å². The van der Waals surface area contributed by atoms with Gasteiger partial charge in [-0.3, -0.25) is 4.55 Å². The molecule has 1 N–H and O–H groups in total. The second kappa shape index (κ2) is 19.0. The van der Waals surface area contributed by atoms with Crippen LogP contribution in [0.3, 0.4) is 0 Å². The molecule has 0 spiro atoms. The maximum Gasteiger partial charge on any atom is 0.282 e. The van der Waals surface area contributed by atoms with Crippen LogP contribution in [0.15, 0.2) is 42.2 Å². The van der Waals surface area contributed by atoms with Crippen LogP contribution in [0.1, 0.15) is 67.1 Å². The number of benzene rings is 2. The number of nitrogens with zero attached hydrogens (tertiary/aromatic N) is 5. The van der Waals surface area contributed by atoms with E-state index in [9.17, 15) is 25.9 Å². The highest BCUT2D eigenvalue weighted by atomic mass is 35.5. The first kappa shape index (κ1) is 44.3. The van der Waals surface area contributed by atoms with Crippen molar-refractivity contribution in [3.05, 3.63) is 68.2 Å². The van der Waals surface area contributed by atoms with Gasteiger partial charge in [0.1, 0.15) is 5.82 Å². The molecule has 3 aromatic rings. The summed E-state index contributed by atoms with van der Waals surface area (Å²) in [4.78, 5) is 6.32. The maximum absolute atomic E-state index is 11.8. The van der Waals surface area contributed by atoms with E-state index in [1.165, 1.54) is 33.5 Å². The molecule has 1 aliphatic heterocycles. The van der Waals surface area contributed by atoms with Crippen LogP contribution in [0, 0.1) is 0 Å². The highest BCUT2D eigenvalue weighted by molar-refractivity contribution is 7.86. The third kappa shape index (κ3) is 10.6. The van der Waals surface area contributed by atoms with Gasteiger partial charge in [-0.1, -0.05) is 73.3 Å². The monoisotopic (exact) mass is 839 g/mol. The molecule has 2 unspecified atom stereocenters. The number of halogens is 4. The number of imidazole rings is 1. The summed E-state index contributed by atoms with van der Waals surface area (Å²) < 4.78 is 72.0. The van der Waals surface area contributed by atoms with Gasteiger partial charge in [-0.25, -0.2) is 17.6 Å². The molecule has 52 heavy (non-hydrogen) atoms. The Morgan fingerprint density at radius 2 is 1.35 bits per heavy atom. The Balaban J connectivity index is 0.000000944. The molecule has 2 atom stereocenters. The quantitative estimate of drug-likeness (QED) is 0.119. The maximum atomic E-state index is 11.8. The van der Waals surface area contributed by atoms with E-state index in [1.807, 2.05) is 51.0 Å². The lowest BCUT2D eigenvalue weighted by Gasteiger charge is -2.25. The van der Waals surface area contributed by atoms with Crippen molar-refractivity contribution >= 4 is 95.1 Å². The molecule has 0 fully saturated rings. The Bertz CT molecular complexity index is 1990. The molecule has 11 nitrogen and oxygen atoms in total. The molecule has 1 aliphatic rings. The van der Waals surface area contributed by atoms with Crippen LogP contribution in [-0.2, 0) is 33.3 Å². The highest BCUT2D eigenvalue weighted by Crippen LogP contribution is 2.45. The number of anilines is 2. The fourth-order valence-electron chi connectivity index (χ4n) is 6.00. The molecule has 0 aliphatic carbocycles. The summed E-state index contributed by atoms with van der Waals surface area (Å²) in [7, 11) is -8.71. The van der Waals surface area contributed by atoms with Gasteiger partial charge in [0.05, 0.1) is 65.2 Å². The average molecular weight is 842 g/mol. The standard InChI is InChI=1S/C29H34Cl4N4O6S2.C6H15N/c1-5-34-24-14-20(30)22(32)16-26(24)36(12-10-18(3)44(38,39)40)28(34)8-7-9-29-35(6-2)25-15-21(31)23(33)17-27(25)37(29)13-11-19(4)45(41,42)43;1-4-7(5-2)6-3/h7-9,14-19H,5-6,10-13H2,1-4H3,(H-,38,39,40,41,42,43);4-6H2,1-3H3. The lowest BCUT2D eigenvalue weighted by molar-refractivity contribution is -0.674. The zero-order valence-corrected chi connectivity index (χ0v) is 35.3. The van der Waals surface area contributed by atoms with Gasteiger partial charge in [0, 0.05) is 37.7 Å². The molecule has 0 amide bonds. The summed E-state index contributed by atoms with van der Waals surface area (Å²) >= 11 is 25.5. The lowest BCUT2D eigenvalue weighted by atomic mass is 10.2. The normalized spacial score (nSPS) is 15.5. The number of hydrogen-bond acceptors (Lipinski definition) is 8. The third-order valence-corrected chi connectivity index (χ3v) is 13.2. The second-order valence-electron chi connectivity index (χ2n) is 12.4. The smallest absolute Gasteiger partial charge is 0.282 e. The number of fused-ring (bicyclic) bond motifs is 2. The molecular weight excluding hydrogens is 792 g/mol. The Labute approximate surface area is 328 Å². The molecular formula is C35H49Cl4N5O6S2. The molecule has 2 aromatic carbocycles. The first-order chi connectivity index (χ1) is 24.3. The van der Waals surface area contributed by atoms with Gasteiger partial charge in [-0.15, -0.1) is 0 Å². The van der Waals surface area contributed by atoms with Crippen LogP contribution >= 0.6 is 46.4 Å². The Morgan fingerprint density at radius 1 is 0.808 bits per heavy atom. The van der Waals surface area contributed by atoms with Crippen molar-refractivity contribution in [2.75, 3.05) is 42.5 Å². The van der Waals surface area contributed by atoms with Crippen LogP contribution in [0.25, 0.3) is 17.1 Å². The van der Waals surface area contributed by atoms with Crippen molar-refractivity contribution in [1.29, 1.82) is 0 Å². The van der Waals surface area contributed by atoms with Crippen molar-refractivity contribution in [3.63, 3.8) is 0 Å². The second-order valence-corrected chi connectivity index (χ2v) is 17.6. The summed E-state index contributed by atoms with van der Waals surface area (Å²) in [6, 6.07) is 6.96. The number of aryl methyl sites for hydroxylation is 2. The molecule has 2 heterocycles. The van der Waals surface area contributed by atoms with E-state index in [0.29, 0.717) is 33.2 Å². The summed E-state index contributed by atoms with van der Waals surface area (Å²) in [6.07, 6.45) is 5.80. The number of rotatable bonds is 15. The zero-order valence-electron chi connectivity index (χ0n) is 30.6. The van der Waals surface area contributed by atoms with E-state index < -0.39 is 30.7 Å². The minimum atomic E-state index is -4.48. The van der Waals surface area contributed by atoms with Crippen molar-refractivity contribution in [2.24, 2.45) is 0 Å². The van der Waals surface area contributed by atoms with E-state index in [1.54, 1.807) is 24.3 Å². The van der Waals surface area contributed by atoms with Crippen molar-refractivity contribution in [3.8, 4) is 0 Å². The minimum Gasteiger partial charge on any atom is -0.748 e. The Kier molecular flexibility index (Phi) is 16.2. The zero-order chi connectivity index (χ0) is 39.1. The lowest BCUT2D eigenvalue weighted by Crippen LogP contribution is -2.38. The number of hydrogen-bond donors (Lipinski definition) is 1. The average Bonchev–Trinajstić information content (AvgIpc) is 3.52. The summed E-state index contributed by atoms with van der Waals surface area (Å²) in [5, 5.41) is -0.671. The Morgan fingerprint density at radius 3 is 1.83 bits per heavy atom. The van der Waals surface area contributed by atoms with Gasteiger partial charge in [-0.2, -0.15) is 8.42 Å². The van der Waals surface area contributed by atoms with Gasteiger partial charge in [0.15, 0.2) is 11.0 Å². The van der Waals surface area contributed by atoms with Gasteiger partial charge in [-0.05, 0) is 72.0 Å². The first-order valence-electron chi connectivity index (χ1n) is 17.3. The number of allylic oxidation sites excluding steroid dienone is 2. The fraction of sp³-hybridized carbons (Fsp3) is 0.514. The van der Waals surface area contributed by atoms with Gasteiger partial charge >= 0.3 is 0 Å². The van der Waals surface area contributed by atoms with Crippen LogP contribution in [0.5, 0.6) is 0 Å². The van der Waals surface area contributed by atoms with Gasteiger partial charge in [0.2, 0.25) is 0 Å². The molecule has 17 heteroatoms. The van der Waals surface area contributed by atoms with Crippen molar-refractivity contribution < 1.29 is 30.5 Å². The highest BCUT2D eigenvalue weighted by Gasteiger charge is 2.32. The molecule has 0 bridgehead atoms. The largest absolute Gasteiger partial charge is 0.748 e. The summed E-state index contributed by atoms with van der Waals surface area (Å²) in [5.41, 5.74) is 3.04. The van der Waals surface area contributed by atoms with E-state index in [0.717, 1.165) is 34.1 Å². The molecule has 0 saturated carbocycles. The Hall–Kier alpha value is -2.07. The van der Waals surface area contributed by atoms with Crippen LogP contribution < -0.4 is 14.4 Å². The van der Waals surface area contributed by atoms with Crippen molar-refractivity contribution in [1.82, 2.24) is 9.47 Å². The first-order valence-corrected chi connectivity index (χ1v) is 21.8. The third-order valence-electron chi connectivity index (χ3n) is 9.29. The summed E-state index contributed by atoms with van der Waals surface area (Å²) in [6.45, 7) is 18.5. The number of aromatic nitrogens is 2. The SMILES string of the molecule is CCN(CC)CC.CCN1C(=C/C=C/c2n(CC)c3cc(Cl)c(Cl)cc3[n+]2CCC(C)S(=O)(=O)[O-])N(CCC(C)S(=O)(=O)O)c2cc(Cl)c(Cl)cc21. The van der Waals surface area contributed by atoms with E-state index in [2.05, 4.69) is 25.7 Å². The summed E-state index contributed by atoms with van der Waals surface area (Å²) in [5.74, 6) is 1.45. The molecule has 290 valence electrons. The predicted molar refractivity (Wildman–Crippen MR) is 215 cm³/mol. The minimum absolute atomic E-state index is 0.0850. The molecule has 1 aromatic heterocycles. The fourth-order valence-corrected chi connectivity index (χ4v) is 7.43. The topological polar surface area (TPSA) is 130 Å².